The van der Waals surface area contributed by atoms with Crippen LogP contribution in [-0.2, 0) is 4.79 Å². The third-order valence-electron chi connectivity index (χ3n) is 3.98. The Morgan fingerprint density at radius 3 is 2.68 bits per heavy atom. The highest BCUT2D eigenvalue weighted by molar-refractivity contribution is 7.14. The van der Waals surface area contributed by atoms with Crippen molar-refractivity contribution in [2.75, 3.05) is 11.9 Å². The molecule has 28 heavy (non-hydrogen) atoms. The van der Waals surface area contributed by atoms with Crippen molar-refractivity contribution in [2.45, 2.75) is 13.3 Å². The van der Waals surface area contributed by atoms with Crippen LogP contribution in [0.3, 0.4) is 0 Å². The van der Waals surface area contributed by atoms with E-state index in [-0.39, 0.29) is 24.8 Å². The third-order valence-corrected chi connectivity index (χ3v) is 5.29. The van der Waals surface area contributed by atoms with E-state index in [2.05, 4.69) is 15.6 Å². The summed E-state index contributed by atoms with van der Waals surface area (Å²) >= 11 is 13.4. The van der Waals surface area contributed by atoms with E-state index < -0.39 is 0 Å². The third kappa shape index (κ3) is 5.10. The van der Waals surface area contributed by atoms with Gasteiger partial charge in [-0.15, -0.1) is 11.3 Å². The van der Waals surface area contributed by atoms with Crippen molar-refractivity contribution in [1.82, 2.24) is 10.3 Å². The number of thiazole rings is 1. The normalized spacial score (nSPS) is 10.5. The number of hydrogen-bond acceptors (Lipinski definition) is 4. The van der Waals surface area contributed by atoms with E-state index >= 15 is 0 Å². The average Bonchev–Trinajstić information content (AvgIpc) is 3.10. The van der Waals surface area contributed by atoms with Gasteiger partial charge in [0, 0.05) is 34.5 Å². The molecule has 0 aliphatic carbocycles. The van der Waals surface area contributed by atoms with Crippen LogP contribution in [0.15, 0.2) is 47.8 Å². The predicted molar refractivity (Wildman–Crippen MR) is 114 cm³/mol. The van der Waals surface area contributed by atoms with Crippen LogP contribution in [0.1, 0.15) is 22.3 Å². The molecule has 3 rings (SSSR count). The van der Waals surface area contributed by atoms with E-state index in [1.165, 1.54) is 11.3 Å². The molecule has 0 fully saturated rings. The zero-order valence-corrected chi connectivity index (χ0v) is 17.3. The summed E-state index contributed by atoms with van der Waals surface area (Å²) in [6.07, 6.45) is 0.147. The zero-order valence-electron chi connectivity index (χ0n) is 15.0. The summed E-state index contributed by atoms with van der Waals surface area (Å²) in [7, 11) is 0. The van der Waals surface area contributed by atoms with Crippen molar-refractivity contribution >= 4 is 51.5 Å². The van der Waals surface area contributed by atoms with Gasteiger partial charge in [-0.25, -0.2) is 4.98 Å². The topological polar surface area (TPSA) is 71.1 Å². The minimum absolute atomic E-state index is 0.147. The Morgan fingerprint density at radius 1 is 1.14 bits per heavy atom. The van der Waals surface area contributed by atoms with E-state index in [1.807, 2.05) is 30.5 Å². The molecule has 8 heteroatoms. The van der Waals surface area contributed by atoms with Gasteiger partial charge in [-0.2, -0.15) is 0 Å². The first kappa shape index (κ1) is 20.3. The van der Waals surface area contributed by atoms with Gasteiger partial charge >= 0.3 is 0 Å². The Bertz CT molecular complexity index is 1020. The molecule has 3 aromatic rings. The fraction of sp³-hybridized carbons (Fsp3) is 0.150. The number of nitrogens with zero attached hydrogens (tertiary/aromatic N) is 1. The molecule has 2 N–H and O–H groups in total. The van der Waals surface area contributed by atoms with E-state index in [9.17, 15) is 9.59 Å². The second-order valence-corrected chi connectivity index (χ2v) is 7.73. The van der Waals surface area contributed by atoms with Crippen LogP contribution in [0.5, 0.6) is 0 Å². The van der Waals surface area contributed by atoms with Crippen molar-refractivity contribution in [1.29, 1.82) is 0 Å². The monoisotopic (exact) mass is 433 g/mol. The molecule has 0 atom stereocenters. The van der Waals surface area contributed by atoms with Gasteiger partial charge < -0.3 is 10.6 Å². The minimum Gasteiger partial charge on any atom is -0.352 e. The van der Waals surface area contributed by atoms with Crippen molar-refractivity contribution in [3.05, 3.63) is 69.0 Å². The summed E-state index contributed by atoms with van der Waals surface area (Å²) in [5, 5.41) is 8.81. The number of benzene rings is 2. The Kier molecular flexibility index (Phi) is 6.67. The van der Waals surface area contributed by atoms with Gasteiger partial charge in [0.25, 0.3) is 5.91 Å². The fourth-order valence-corrected chi connectivity index (χ4v) is 3.78. The van der Waals surface area contributed by atoms with Crippen LogP contribution in [0.2, 0.25) is 10.0 Å². The van der Waals surface area contributed by atoms with Crippen LogP contribution < -0.4 is 10.6 Å². The molecule has 0 aliphatic heterocycles. The van der Waals surface area contributed by atoms with Gasteiger partial charge in [0.05, 0.1) is 10.7 Å². The zero-order chi connectivity index (χ0) is 20.1. The van der Waals surface area contributed by atoms with Crippen LogP contribution in [-0.4, -0.2) is 23.3 Å². The van der Waals surface area contributed by atoms with Crippen molar-refractivity contribution < 1.29 is 9.59 Å². The highest BCUT2D eigenvalue weighted by atomic mass is 35.5. The largest absolute Gasteiger partial charge is 0.352 e. The molecule has 144 valence electrons. The summed E-state index contributed by atoms with van der Waals surface area (Å²) < 4.78 is 0. The molecule has 0 spiro atoms. The fourth-order valence-electron chi connectivity index (χ4n) is 2.55. The number of nitrogens with one attached hydrogen (secondary N) is 2. The van der Waals surface area contributed by atoms with E-state index in [0.717, 1.165) is 11.1 Å². The van der Waals surface area contributed by atoms with Gasteiger partial charge in [0.15, 0.2) is 5.13 Å². The maximum absolute atomic E-state index is 12.1. The molecule has 0 saturated carbocycles. The van der Waals surface area contributed by atoms with Gasteiger partial charge in [0.2, 0.25) is 5.91 Å². The molecule has 1 aromatic heterocycles. The smallest absolute Gasteiger partial charge is 0.251 e. The van der Waals surface area contributed by atoms with Gasteiger partial charge in [-0.3, -0.25) is 9.59 Å². The van der Waals surface area contributed by atoms with Gasteiger partial charge in [0.1, 0.15) is 0 Å². The Morgan fingerprint density at radius 2 is 1.93 bits per heavy atom. The SMILES string of the molecule is Cc1ccccc1C(=O)NCCC(=O)Nc1nc(-c2ccc(Cl)cc2Cl)cs1. The van der Waals surface area contributed by atoms with Gasteiger partial charge in [-0.05, 0) is 36.8 Å². The average molecular weight is 434 g/mol. The molecule has 0 radical (unpaired) electrons. The summed E-state index contributed by atoms with van der Waals surface area (Å²) in [6.45, 7) is 2.11. The lowest BCUT2D eigenvalue weighted by Crippen LogP contribution is -2.28. The van der Waals surface area contributed by atoms with Crippen molar-refractivity contribution in [2.24, 2.45) is 0 Å². The Hall–Kier alpha value is -2.41. The molecular weight excluding hydrogens is 417 g/mol. The Labute approximate surface area is 176 Å². The lowest BCUT2D eigenvalue weighted by molar-refractivity contribution is -0.116. The lowest BCUT2D eigenvalue weighted by atomic mass is 10.1. The molecule has 5 nitrogen and oxygen atoms in total. The first-order valence-corrected chi connectivity index (χ1v) is 10.1. The maximum Gasteiger partial charge on any atom is 0.251 e. The first-order chi connectivity index (χ1) is 13.4. The molecule has 2 amide bonds. The van der Waals surface area contributed by atoms with Crippen molar-refractivity contribution in [3.63, 3.8) is 0 Å². The van der Waals surface area contributed by atoms with E-state index in [1.54, 1.807) is 24.3 Å². The second kappa shape index (κ2) is 9.19. The first-order valence-electron chi connectivity index (χ1n) is 8.48. The van der Waals surface area contributed by atoms with E-state index in [0.29, 0.717) is 26.4 Å². The number of amides is 2. The number of halogens is 2. The molecule has 2 aromatic carbocycles. The molecular formula is C20H17Cl2N3O2S. The number of aromatic nitrogens is 1. The van der Waals surface area contributed by atoms with E-state index in [4.69, 9.17) is 23.2 Å². The molecule has 1 heterocycles. The molecule has 0 unspecified atom stereocenters. The number of anilines is 1. The predicted octanol–water partition coefficient (Wildman–Crippen LogP) is 5.18. The van der Waals surface area contributed by atoms with Crippen LogP contribution >= 0.6 is 34.5 Å². The van der Waals surface area contributed by atoms with Crippen LogP contribution in [0, 0.1) is 6.92 Å². The quantitative estimate of drug-likeness (QED) is 0.561. The Balaban J connectivity index is 1.52. The van der Waals surface area contributed by atoms with Crippen molar-refractivity contribution in [3.8, 4) is 11.3 Å². The summed E-state index contributed by atoms with van der Waals surface area (Å²) in [5.41, 5.74) is 2.90. The summed E-state index contributed by atoms with van der Waals surface area (Å²) in [4.78, 5) is 28.6. The molecule has 0 saturated heterocycles. The standard InChI is InChI=1S/C20H17Cl2N3O2S/c1-12-4-2-3-5-14(12)19(27)23-9-8-18(26)25-20-24-17(11-28-20)15-7-6-13(21)10-16(15)22/h2-7,10-11H,8-9H2,1H3,(H,23,27)(H,24,25,26). The summed E-state index contributed by atoms with van der Waals surface area (Å²) in [6, 6.07) is 12.5. The highest BCUT2D eigenvalue weighted by Crippen LogP contribution is 2.32. The molecule has 0 aliphatic rings. The lowest BCUT2D eigenvalue weighted by Gasteiger charge is -2.07. The molecule has 0 bridgehead atoms. The highest BCUT2D eigenvalue weighted by Gasteiger charge is 2.12. The maximum atomic E-state index is 12.1. The van der Waals surface area contributed by atoms with Crippen LogP contribution in [0.4, 0.5) is 5.13 Å². The number of rotatable bonds is 6. The minimum atomic E-state index is -0.229. The number of aryl methyl sites for hydroxylation is 1. The summed E-state index contributed by atoms with van der Waals surface area (Å²) in [5.74, 6) is -0.423. The second-order valence-electron chi connectivity index (χ2n) is 6.03. The number of carbonyl (C=O) groups is 2. The number of carbonyl (C=O) groups excluding carboxylic acids is 2. The number of hydrogen-bond donors (Lipinski definition) is 2. The van der Waals surface area contributed by atoms with Gasteiger partial charge in [-0.1, -0.05) is 41.4 Å². The van der Waals surface area contributed by atoms with Crippen LogP contribution in [0.25, 0.3) is 11.3 Å².